The predicted molar refractivity (Wildman–Crippen MR) is 110 cm³/mol. The van der Waals surface area contributed by atoms with Crippen LogP contribution in [-0.2, 0) is 11.3 Å². The van der Waals surface area contributed by atoms with Crippen molar-refractivity contribution in [3.05, 3.63) is 57.3 Å². The summed E-state index contributed by atoms with van der Waals surface area (Å²) in [4.78, 5) is 28.4. The number of Topliss-reactive ketones (excluding diaryl/α,β-unsaturated/α-hetero) is 1. The molecule has 2 aromatic rings. The van der Waals surface area contributed by atoms with E-state index in [1.807, 2.05) is 6.07 Å². The monoisotopic (exact) mass is 396 g/mol. The third-order valence-electron chi connectivity index (χ3n) is 6.12. The smallest absolute Gasteiger partial charge is 0.290 e. The third kappa shape index (κ3) is 3.80. The number of rotatable bonds is 4. The van der Waals surface area contributed by atoms with Crippen LogP contribution in [0.25, 0.3) is 0 Å². The van der Waals surface area contributed by atoms with Crippen LogP contribution in [0.2, 0.25) is 0 Å². The summed E-state index contributed by atoms with van der Waals surface area (Å²) in [7, 11) is 0. The molecule has 0 radical (unpaired) electrons. The fourth-order valence-corrected chi connectivity index (χ4v) is 5.34. The molecule has 0 amide bonds. The average molecular weight is 397 g/mol. The molecule has 1 aromatic carbocycles. The van der Waals surface area contributed by atoms with Gasteiger partial charge in [0.15, 0.2) is 5.78 Å². The molecule has 6 heteroatoms. The van der Waals surface area contributed by atoms with Gasteiger partial charge in [-0.2, -0.15) is 11.3 Å². The van der Waals surface area contributed by atoms with Crippen LogP contribution in [0.5, 0.6) is 0 Å². The summed E-state index contributed by atoms with van der Waals surface area (Å²) >= 11 is 1.70. The van der Waals surface area contributed by atoms with Crippen LogP contribution in [0, 0.1) is 11.8 Å². The van der Waals surface area contributed by atoms with Crippen molar-refractivity contribution in [3.8, 4) is 0 Å². The van der Waals surface area contributed by atoms with Crippen LogP contribution in [0.3, 0.4) is 0 Å². The molecule has 3 fully saturated rings. The van der Waals surface area contributed by atoms with Gasteiger partial charge in [-0.25, -0.2) is 0 Å². The fraction of sp³-hybridized carbons (Fsp3) is 0.409. The first-order chi connectivity index (χ1) is 13.7. The van der Waals surface area contributed by atoms with E-state index < -0.39 is 0 Å². The van der Waals surface area contributed by atoms with Crippen LogP contribution < -0.4 is 0 Å². The Labute approximate surface area is 168 Å². The van der Waals surface area contributed by atoms with E-state index in [9.17, 15) is 4.79 Å². The lowest BCUT2D eigenvalue weighted by Crippen LogP contribution is -2.47. The first kappa shape index (κ1) is 19.0. The molecule has 0 spiro atoms. The van der Waals surface area contributed by atoms with Crippen LogP contribution in [0.15, 0.2) is 40.0 Å². The number of hydrogen-bond donors (Lipinski definition) is 1. The van der Waals surface area contributed by atoms with E-state index in [1.165, 1.54) is 42.6 Å². The highest BCUT2D eigenvalue weighted by Gasteiger charge is 2.35. The number of carboxylic acid groups (broad SMARTS) is 1. The van der Waals surface area contributed by atoms with Gasteiger partial charge in [0, 0.05) is 35.0 Å². The minimum Gasteiger partial charge on any atom is -0.483 e. The molecule has 3 saturated heterocycles. The summed E-state index contributed by atoms with van der Waals surface area (Å²) in [6.07, 6.45) is 3.26. The summed E-state index contributed by atoms with van der Waals surface area (Å²) in [5.41, 5.74) is 5.53. The fourth-order valence-electron chi connectivity index (χ4n) is 4.70. The van der Waals surface area contributed by atoms with Crippen LogP contribution in [-0.4, -0.2) is 47.6 Å². The molecule has 2 bridgehead atoms. The zero-order chi connectivity index (χ0) is 19.5. The lowest BCUT2D eigenvalue weighted by molar-refractivity contribution is -0.122. The predicted octanol–water partition coefficient (Wildman–Crippen LogP) is 3.71. The minimum atomic E-state index is -0.250. The molecule has 0 aliphatic carbocycles. The zero-order valence-electron chi connectivity index (χ0n) is 15.7. The van der Waals surface area contributed by atoms with Crippen molar-refractivity contribution < 1.29 is 14.7 Å². The second-order valence-electron chi connectivity index (χ2n) is 7.68. The van der Waals surface area contributed by atoms with Crippen molar-refractivity contribution in [1.82, 2.24) is 4.90 Å². The van der Waals surface area contributed by atoms with Gasteiger partial charge in [-0.1, -0.05) is 12.1 Å². The molecule has 4 aliphatic rings. The van der Waals surface area contributed by atoms with Gasteiger partial charge in [0.05, 0.1) is 12.3 Å². The first-order valence-electron chi connectivity index (χ1n) is 9.73. The lowest BCUT2D eigenvalue weighted by Gasteiger charge is -2.44. The van der Waals surface area contributed by atoms with Crippen molar-refractivity contribution in [2.75, 3.05) is 19.6 Å². The Hall–Kier alpha value is -2.31. The zero-order valence-corrected chi connectivity index (χ0v) is 16.5. The molecule has 28 heavy (non-hydrogen) atoms. The Balaban J connectivity index is 0.000000604. The van der Waals surface area contributed by atoms with Crippen molar-refractivity contribution >= 4 is 29.3 Å². The molecule has 0 saturated carbocycles. The van der Waals surface area contributed by atoms with E-state index in [2.05, 4.69) is 33.9 Å². The lowest BCUT2D eigenvalue weighted by atomic mass is 9.76. The van der Waals surface area contributed by atoms with Gasteiger partial charge < -0.3 is 10.0 Å². The van der Waals surface area contributed by atoms with Gasteiger partial charge in [-0.05, 0) is 60.8 Å². The molecule has 1 N–H and O–H groups in total. The number of thiophene rings is 1. The van der Waals surface area contributed by atoms with E-state index in [0.29, 0.717) is 24.7 Å². The van der Waals surface area contributed by atoms with Gasteiger partial charge in [0.2, 0.25) is 0 Å². The highest BCUT2D eigenvalue weighted by molar-refractivity contribution is 7.08. The number of fused-ring (bicyclic) bond motifs is 4. The normalized spacial score (nSPS) is 24.7. The maximum Gasteiger partial charge on any atom is 0.290 e. The summed E-state index contributed by atoms with van der Waals surface area (Å²) in [5.74, 6) is 1.63. The molecule has 146 valence electrons. The van der Waals surface area contributed by atoms with Gasteiger partial charge in [0.1, 0.15) is 0 Å². The Bertz CT molecular complexity index is 883. The van der Waals surface area contributed by atoms with Crippen molar-refractivity contribution in [1.29, 1.82) is 0 Å². The number of hydrogen-bond acceptors (Lipinski definition) is 5. The largest absolute Gasteiger partial charge is 0.483 e. The average Bonchev–Trinajstić information content (AvgIpc) is 3.38. The number of carbonyl (C=O) groups excluding carboxylic acids is 1. The van der Waals surface area contributed by atoms with Crippen molar-refractivity contribution in [2.24, 2.45) is 16.8 Å². The summed E-state index contributed by atoms with van der Waals surface area (Å²) in [6, 6.07) is 8.31. The SMILES string of the molecule is O=C(C[C@H]1CN2CCC1CC2)c1ccc2c(c1)CN=C2c1ccsc1.O=CO. The number of carbonyl (C=O) groups is 2. The number of ketones is 1. The standard InChI is InChI=1S/C21H22N2OS.CH2O2/c24-20(10-18-12-23-6-3-14(18)4-7-23)15-1-2-19-17(9-15)11-22-21(19)16-5-8-25-13-16;2-1-3/h1-2,5,8-9,13-14,18H,3-4,6-7,10-12H2;1H,(H,2,3)/t18-;/m0./s1. The van der Waals surface area contributed by atoms with Crippen molar-refractivity contribution in [3.63, 3.8) is 0 Å². The maximum atomic E-state index is 12.8. The summed E-state index contributed by atoms with van der Waals surface area (Å²) in [6.45, 7) is 4.03. The number of piperidine rings is 3. The molecule has 6 rings (SSSR count). The molecule has 4 aliphatic heterocycles. The Kier molecular flexibility index (Phi) is 5.69. The van der Waals surface area contributed by atoms with Crippen LogP contribution in [0.1, 0.15) is 46.3 Å². The molecule has 1 atom stereocenters. The van der Waals surface area contributed by atoms with E-state index in [0.717, 1.165) is 23.7 Å². The Morgan fingerprint density at radius 3 is 2.71 bits per heavy atom. The van der Waals surface area contributed by atoms with Crippen molar-refractivity contribution in [2.45, 2.75) is 25.8 Å². The van der Waals surface area contributed by atoms with Gasteiger partial charge in [-0.15, -0.1) is 0 Å². The van der Waals surface area contributed by atoms with E-state index in [-0.39, 0.29) is 6.47 Å². The van der Waals surface area contributed by atoms with Crippen LogP contribution >= 0.6 is 11.3 Å². The summed E-state index contributed by atoms with van der Waals surface area (Å²) < 4.78 is 0. The minimum absolute atomic E-state index is 0.250. The van der Waals surface area contributed by atoms with E-state index in [1.54, 1.807) is 11.3 Å². The molecule has 1 aromatic heterocycles. The second kappa shape index (κ2) is 8.37. The molecular weight excluding hydrogens is 372 g/mol. The molecule has 5 nitrogen and oxygen atoms in total. The van der Waals surface area contributed by atoms with E-state index >= 15 is 0 Å². The number of aliphatic imine (C=N–C) groups is 1. The third-order valence-corrected chi connectivity index (χ3v) is 6.81. The molecule has 0 unspecified atom stereocenters. The Morgan fingerprint density at radius 2 is 2.07 bits per heavy atom. The topological polar surface area (TPSA) is 70.0 Å². The molecule has 5 heterocycles. The highest BCUT2D eigenvalue weighted by atomic mass is 32.1. The van der Waals surface area contributed by atoms with Gasteiger partial charge in [-0.3, -0.25) is 14.6 Å². The molecular formula is C22H24N2O3S. The van der Waals surface area contributed by atoms with E-state index in [4.69, 9.17) is 14.9 Å². The van der Waals surface area contributed by atoms with Gasteiger partial charge in [0.25, 0.3) is 6.47 Å². The first-order valence-corrected chi connectivity index (χ1v) is 10.7. The van der Waals surface area contributed by atoms with Gasteiger partial charge >= 0.3 is 0 Å². The Morgan fingerprint density at radius 1 is 1.29 bits per heavy atom. The van der Waals surface area contributed by atoms with Crippen LogP contribution in [0.4, 0.5) is 0 Å². The second-order valence-corrected chi connectivity index (χ2v) is 8.46. The summed E-state index contributed by atoms with van der Waals surface area (Å²) in [5, 5.41) is 11.1. The number of nitrogens with zero attached hydrogens (tertiary/aromatic N) is 2. The quantitative estimate of drug-likeness (QED) is 0.632. The highest BCUT2D eigenvalue weighted by Crippen LogP contribution is 2.35. The number of benzene rings is 1. The maximum absolute atomic E-state index is 12.8.